The van der Waals surface area contributed by atoms with Gasteiger partial charge in [-0.15, -0.1) is 0 Å². The van der Waals surface area contributed by atoms with Crippen molar-refractivity contribution in [3.8, 4) is 5.69 Å². The topological polar surface area (TPSA) is 38.0 Å². The summed E-state index contributed by atoms with van der Waals surface area (Å²) in [6.45, 7) is 6.00. The molecule has 0 unspecified atom stereocenters. The van der Waals surface area contributed by atoms with Crippen LogP contribution in [0.15, 0.2) is 28.7 Å². The van der Waals surface area contributed by atoms with Gasteiger partial charge in [0, 0.05) is 10.2 Å². The van der Waals surface area contributed by atoms with Crippen molar-refractivity contribution in [1.82, 2.24) is 9.78 Å². The van der Waals surface area contributed by atoms with E-state index in [0.29, 0.717) is 0 Å². The molecule has 1 aromatic heterocycles. The lowest BCUT2D eigenvalue weighted by atomic mass is 10.1. The van der Waals surface area contributed by atoms with Crippen LogP contribution in [-0.4, -0.2) is 14.9 Å². The van der Waals surface area contributed by atoms with E-state index in [0.717, 1.165) is 34.3 Å². The van der Waals surface area contributed by atoms with Crippen LogP contribution in [0.4, 0.5) is 0 Å². The Kier molecular flexibility index (Phi) is 4.42. The standard InChI is InChI=1S/C15H19BrN2O/c1-4-12-9-13(5-2)18(17-12)15-7-6-11(10(3)19)8-14(15)16/h6-10,19H,4-5H2,1-3H3/t10-/m1/s1. The molecular formula is C15H19BrN2O. The Balaban J connectivity index is 2.49. The molecule has 1 aromatic carbocycles. The first-order chi connectivity index (χ1) is 9.06. The Morgan fingerprint density at radius 3 is 2.53 bits per heavy atom. The molecule has 19 heavy (non-hydrogen) atoms. The Hall–Kier alpha value is -1.13. The minimum atomic E-state index is -0.459. The van der Waals surface area contributed by atoms with E-state index in [9.17, 15) is 5.11 Å². The number of aliphatic hydroxyl groups excluding tert-OH is 1. The molecule has 0 aliphatic heterocycles. The monoisotopic (exact) mass is 322 g/mol. The summed E-state index contributed by atoms with van der Waals surface area (Å²) in [4.78, 5) is 0. The van der Waals surface area contributed by atoms with E-state index in [2.05, 4.69) is 40.9 Å². The maximum Gasteiger partial charge on any atom is 0.0791 e. The Labute approximate surface area is 122 Å². The molecular weight excluding hydrogens is 304 g/mol. The average Bonchev–Trinajstić information content (AvgIpc) is 2.81. The predicted molar refractivity (Wildman–Crippen MR) is 80.7 cm³/mol. The van der Waals surface area contributed by atoms with Crippen LogP contribution in [0, 0.1) is 0 Å². The molecule has 0 saturated carbocycles. The van der Waals surface area contributed by atoms with Gasteiger partial charge in [0.05, 0.1) is 17.5 Å². The van der Waals surface area contributed by atoms with Crippen molar-refractivity contribution in [3.05, 3.63) is 45.7 Å². The summed E-state index contributed by atoms with van der Waals surface area (Å²) in [7, 11) is 0. The number of aryl methyl sites for hydroxylation is 2. The van der Waals surface area contributed by atoms with Crippen LogP contribution in [0.5, 0.6) is 0 Å². The second kappa shape index (κ2) is 5.88. The van der Waals surface area contributed by atoms with Gasteiger partial charge in [-0.1, -0.05) is 19.9 Å². The molecule has 0 spiro atoms. The van der Waals surface area contributed by atoms with Crippen LogP contribution in [0.25, 0.3) is 5.69 Å². The number of hydrogen-bond acceptors (Lipinski definition) is 2. The summed E-state index contributed by atoms with van der Waals surface area (Å²) >= 11 is 3.57. The molecule has 1 atom stereocenters. The van der Waals surface area contributed by atoms with Gasteiger partial charge in [-0.3, -0.25) is 0 Å². The van der Waals surface area contributed by atoms with Crippen LogP contribution < -0.4 is 0 Å². The van der Waals surface area contributed by atoms with Crippen LogP contribution >= 0.6 is 15.9 Å². The zero-order chi connectivity index (χ0) is 14.0. The van der Waals surface area contributed by atoms with Crippen molar-refractivity contribution in [2.45, 2.75) is 39.7 Å². The smallest absolute Gasteiger partial charge is 0.0791 e. The second-order valence-corrected chi connectivity index (χ2v) is 5.49. The van der Waals surface area contributed by atoms with E-state index < -0.39 is 6.10 Å². The van der Waals surface area contributed by atoms with E-state index in [1.54, 1.807) is 6.92 Å². The molecule has 0 aliphatic rings. The third kappa shape index (κ3) is 2.90. The Morgan fingerprint density at radius 2 is 2.00 bits per heavy atom. The molecule has 2 aromatic rings. The van der Waals surface area contributed by atoms with Crippen LogP contribution in [0.2, 0.25) is 0 Å². The van der Waals surface area contributed by atoms with E-state index in [4.69, 9.17) is 0 Å². The number of benzene rings is 1. The van der Waals surface area contributed by atoms with E-state index in [-0.39, 0.29) is 0 Å². The van der Waals surface area contributed by atoms with E-state index in [1.165, 1.54) is 5.69 Å². The van der Waals surface area contributed by atoms with Gasteiger partial charge >= 0.3 is 0 Å². The molecule has 0 saturated heterocycles. The lowest BCUT2D eigenvalue weighted by molar-refractivity contribution is 0.199. The van der Waals surface area contributed by atoms with Gasteiger partial charge in [-0.2, -0.15) is 5.10 Å². The van der Waals surface area contributed by atoms with Crippen molar-refractivity contribution in [1.29, 1.82) is 0 Å². The SMILES string of the molecule is CCc1cc(CC)n(-c2ccc([C@@H](C)O)cc2Br)n1. The molecule has 0 bridgehead atoms. The van der Waals surface area contributed by atoms with E-state index in [1.807, 2.05) is 22.9 Å². The van der Waals surface area contributed by atoms with Crippen molar-refractivity contribution in [3.63, 3.8) is 0 Å². The summed E-state index contributed by atoms with van der Waals surface area (Å²) in [6.07, 6.45) is 1.42. The van der Waals surface area contributed by atoms with Crippen LogP contribution in [0.1, 0.15) is 43.8 Å². The zero-order valence-corrected chi connectivity index (χ0v) is 13.1. The highest BCUT2D eigenvalue weighted by Crippen LogP contribution is 2.26. The van der Waals surface area contributed by atoms with Crippen molar-refractivity contribution < 1.29 is 5.11 Å². The molecule has 4 heteroatoms. The summed E-state index contributed by atoms with van der Waals surface area (Å²) < 4.78 is 2.93. The maximum absolute atomic E-state index is 9.61. The fourth-order valence-corrected chi connectivity index (χ4v) is 2.63. The summed E-state index contributed by atoms with van der Waals surface area (Å²) in [6, 6.07) is 8.04. The first-order valence-corrected chi connectivity index (χ1v) is 7.41. The largest absolute Gasteiger partial charge is 0.389 e. The van der Waals surface area contributed by atoms with Crippen LogP contribution in [-0.2, 0) is 12.8 Å². The number of aliphatic hydroxyl groups is 1. The highest BCUT2D eigenvalue weighted by molar-refractivity contribution is 9.10. The third-order valence-corrected chi connectivity index (χ3v) is 3.88. The fraction of sp³-hybridized carbons (Fsp3) is 0.400. The molecule has 1 N–H and O–H groups in total. The van der Waals surface area contributed by atoms with Crippen molar-refractivity contribution in [2.75, 3.05) is 0 Å². The third-order valence-electron chi connectivity index (χ3n) is 3.24. The number of aromatic nitrogens is 2. The Bertz CT molecular complexity index is 576. The molecule has 1 heterocycles. The number of nitrogens with zero attached hydrogens (tertiary/aromatic N) is 2. The first kappa shape index (κ1) is 14.3. The highest BCUT2D eigenvalue weighted by atomic mass is 79.9. The molecule has 0 amide bonds. The quantitative estimate of drug-likeness (QED) is 0.929. The summed E-state index contributed by atoms with van der Waals surface area (Å²) in [5, 5.41) is 14.2. The zero-order valence-electron chi connectivity index (χ0n) is 11.5. The van der Waals surface area contributed by atoms with Crippen molar-refractivity contribution >= 4 is 15.9 Å². The second-order valence-electron chi connectivity index (χ2n) is 4.63. The molecule has 0 fully saturated rings. The maximum atomic E-state index is 9.61. The van der Waals surface area contributed by atoms with Crippen LogP contribution in [0.3, 0.4) is 0 Å². The summed E-state index contributed by atoms with van der Waals surface area (Å²) in [5.74, 6) is 0. The minimum Gasteiger partial charge on any atom is -0.389 e. The van der Waals surface area contributed by atoms with Gasteiger partial charge in [-0.05, 0) is 59.5 Å². The van der Waals surface area contributed by atoms with Gasteiger partial charge in [0.15, 0.2) is 0 Å². The number of rotatable bonds is 4. The highest BCUT2D eigenvalue weighted by Gasteiger charge is 2.11. The molecule has 2 rings (SSSR count). The van der Waals surface area contributed by atoms with Crippen molar-refractivity contribution in [2.24, 2.45) is 0 Å². The van der Waals surface area contributed by atoms with Gasteiger partial charge in [-0.25, -0.2) is 4.68 Å². The van der Waals surface area contributed by atoms with E-state index >= 15 is 0 Å². The average molecular weight is 323 g/mol. The normalized spacial score (nSPS) is 12.7. The fourth-order valence-electron chi connectivity index (χ4n) is 2.06. The first-order valence-electron chi connectivity index (χ1n) is 6.62. The Morgan fingerprint density at radius 1 is 1.26 bits per heavy atom. The lowest BCUT2D eigenvalue weighted by Crippen LogP contribution is -2.03. The van der Waals surface area contributed by atoms with Gasteiger partial charge in [0.2, 0.25) is 0 Å². The number of hydrogen-bond donors (Lipinski definition) is 1. The summed E-state index contributed by atoms with van der Waals surface area (Å²) in [5.41, 5.74) is 4.21. The minimum absolute atomic E-state index is 0.459. The molecule has 0 radical (unpaired) electrons. The van der Waals surface area contributed by atoms with Gasteiger partial charge in [0.1, 0.15) is 0 Å². The molecule has 3 nitrogen and oxygen atoms in total. The predicted octanol–water partition coefficient (Wildman–Crippen LogP) is 3.81. The lowest BCUT2D eigenvalue weighted by Gasteiger charge is -2.11. The van der Waals surface area contributed by atoms with Gasteiger partial charge in [0.25, 0.3) is 0 Å². The van der Waals surface area contributed by atoms with Gasteiger partial charge < -0.3 is 5.11 Å². The molecule has 0 aliphatic carbocycles. The molecule has 102 valence electrons. The number of halogens is 1.